The highest BCUT2D eigenvalue weighted by molar-refractivity contribution is 5.92. The summed E-state index contributed by atoms with van der Waals surface area (Å²) in [7, 11) is 0. The maximum atomic E-state index is 12.5. The molecule has 1 N–H and O–H groups in total. The van der Waals surface area contributed by atoms with Gasteiger partial charge >= 0.3 is 0 Å². The molecule has 6 heteroatoms. The molecule has 0 saturated carbocycles. The Morgan fingerprint density at radius 1 is 1.36 bits per heavy atom. The van der Waals surface area contributed by atoms with Crippen LogP contribution in [-0.2, 0) is 6.54 Å². The quantitative estimate of drug-likeness (QED) is 0.938. The normalized spacial score (nSPS) is 18.2. The number of hydrogen-bond donors (Lipinski definition) is 1. The molecule has 1 aromatic heterocycles. The molecule has 1 amide bonds. The van der Waals surface area contributed by atoms with Gasteiger partial charge in [0.1, 0.15) is 0 Å². The number of aromatic nitrogens is 3. The number of likely N-dealkylation sites (tertiary alicyclic amines) is 1. The minimum absolute atomic E-state index is 0.0285. The van der Waals surface area contributed by atoms with Crippen molar-refractivity contribution in [3.05, 3.63) is 42.2 Å². The number of benzene rings is 1. The van der Waals surface area contributed by atoms with E-state index >= 15 is 0 Å². The number of rotatable bonds is 4. The van der Waals surface area contributed by atoms with Crippen molar-refractivity contribution in [3.8, 4) is 0 Å². The molecule has 1 atom stereocenters. The van der Waals surface area contributed by atoms with E-state index in [1.54, 1.807) is 10.9 Å². The molecule has 0 spiro atoms. The van der Waals surface area contributed by atoms with Crippen LogP contribution >= 0.6 is 0 Å². The van der Waals surface area contributed by atoms with Crippen LogP contribution < -0.4 is 5.32 Å². The first-order chi connectivity index (χ1) is 10.8. The number of piperidine rings is 1. The van der Waals surface area contributed by atoms with Crippen molar-refractivity contribution in [3.63, 3.8) is 0 Å². The second-order valence-corrected chi connectivity index (χ2v) is 5.56. The molecule has 116 valence electrons. The largest absolute Gasteiger partial charge is 0.381 e. The molecule has 1 aliphatic heterocycles. The molecule has 0 aliphatic carbocycles. The van der Waals surface area contributed by atoms with Gasteiger partial charge in [-0.15, -0.1) is 5.10 Å². The fourth-order valence-electron chi connectivity index (χ4n) is 2.76. The lowest BCUT2D eigenvalue weighted by Gasteiger charge is -2.33. The second kappa shape index (κ2) is 6.60. The Morgan fingerprint density at radius 3 is 2.91 bits per heavy atom. The third-order valence-electron chi connectivity index (χ3n) is 3.93. The van der Waals surface area contributed by atoms with Gasteiger partial charge in [-0.1, -0.05) is 23.4 Å². The molecule has 3 rings (SSSR count). The van der Waals surface area contributed by atoms with E-state index in [4.69, 9.17) is 0 Å². The lowest BCUT2D eigenvalue weighted by atomic mass is 10.0. The summed E-state index contributed by atoms with van der Waals surface area (Å²) in [5.74, 6) is -0.0285. The Balaban J connectivity index is 1.63. The van der Waals surface area contributed by atoms with Crippen molar-refractivity contribution in [2.45, 2.75) is 32.4 Å². The molecule has 2 heterocycles. The molecule has 0 bridgehead atoms. The zero-order valence-electron chi connectivity index (χ0n) is 12.8. The van der Waals surface area contributed by atoms with Crippen molar-refractivity contribution in [2.24, 2.45) is 0 Å². The molecular formula is C16H21N5O. The van der Waals surface area contributed by atoms with E-state index < -0.39 is 0 Å². The van der Waals surface area contributed by atoms with Gasteiger partial charge in [-0.05, 0) is 31.9 Å². The first-order valence-electron chi connectivity index (χ1n) is 7.77. The van der Waals surface area contributed by atoms with Gasteiger partial charge in [-0.25, -0.2) is 0 Å². The van der Waals surface area contributed by atoms with E-state index in [-0.39, 0.29) is 11.9 Å². The molecule has 1 aromatic carbocycles. The van der Waals surface area contributed by atoms with Gasteiger partial charge in [-0.3, -0.25) is 9.48 Å². The number of nitrogens with zero attached hydrogens (tertiary/aromatic N) is 4. The van der Waals surface area contributed by atoms with Crippen LogP contribution in [0.1, 0.15) is 30.3 Å². The smallest absolute Gasteiger partial charge is 0.276 e. The summed E-state index contributed by atoms with van der Waals surface area (Å²) in [5.41, 5.74) is 1.53. The molecule has 1 unspecified atom stereocenters. The number of carbonyl (C=O) groups is 1. The van der Waals surface area contributed by atoms with Crippen molar-refractivity contribution < 1.29 is 4.79 Å². The van der Waals surface area contributed by atoms with Crippen LogP contribution in [0.5, 0.6) is 0 Å². The number of carbonyl (C=O) groups excluding carboxylic acids is 1. The van der Waals surface area contributed by atoms with E-state index in [2.05, 4.69) is 15.6 Å². The Labute approximate surface area is 130 Å². The number of para-hydroxylation sites is 1. The monoisotopic (exact) mass is 299 g/mol. The Morgan fingerprint density at radius 2 is 2.18 bits per heavy atom. The fraction of sp³-hybridized carbons (Fsp3) is 0.438. The maximum absolute atomic E-state index is 12.5. The molecule has 1 fully saturated rings. The van der Waals surface area contributed by atoms with Crippen molar-refractivity contribution >= 4 is 11.6 Å². The topological polar surface area (TPSA) is 63.1 Å². The lowest BCUT2D eigenvalue weighted by molar-refractivity contribution is 0.0708. The van der Waals surface area contributed by atoms with Gasteiger partial charge < -0.3 is 10.2 Å². The van der Waals surface area contributed by atoms with Gasteiger partial charge in [0, 0.05) is 31.4 Å². The Bertz CT molecular complexity index is 624. The molecule has 0 radical (unpaired) electrons. The number of amides is 1. The minimum Gasteiger partial charge on any atom is -0.381 e. The van der Waals surface area contributed by atoms with Gasteiger partial charge in [0.25, 0.3) is 5.91 Å². The van der Waals surface area contributed by atoms with Gasteiger partial charge in [-0.2, -0.15) is 0 Å². The van der Waals surface area contributed by atoms with Crippen LogP contribution in [0.15, 0.2) is 36.5 Å². The van der Waals surface area contributed by atoms with Crippen molar-refractivity contribution in [2.75, 3.05) is 18.4 Å². The van der Waals surface area contributed by atoms with E-state index in [0.29, 0.717) is 12.2 Å². The van der Waals surface area contributed by atoms with Crippen LogP contribution in [0.4, 0.5) is 5.69 Å². The lowest BCUT2D eigenvalue weighted by Crippen LogP contribution is -2.45. The zero-order valence-corrected chi connectivity index (χ0v) is 12.8. The molecule has 2 aromatic rings. The highest BCUT2D eigenvalue weighted by Gasteiger charge is 2.26. The van der Waals surface area contributed by atoms with E-state index in [9.17, 15) is 4.79 Å². The van der Waals surface area contributed by atoms with Crippen molar-refractivity contribution in [1.82, 2.24) is 19.9 Å². The Kier molecular flexibility index (Phi) is 4.37. The fourth-order valence-corrected chi connectivity index (χ4v) is 2.76. The SMILES string of the molecule is CCn1cc(C(=O)N2CCCC(Nc3ccccc3)C2)nn1. The second-order valence-electron chi connectivity index (χ2n) is 5.56. The number of hydrogen-bond acceptors (Lipinski definition) is 4. The average molecular weight is 299 g/mol. The van der Waals surface area contributed by atoms with E-state index in [1.807, 2.05) is 42.2 Å². The number of aryl methyl sites for hydroxylation is 1. The minimum atomic E-state index is -0.0285. The summed E-state index contributed by atoms with van der Waals surface area (Å²) in [4.78, 5) is 14.4. The predicted molar refractivity (Wildman–Crippen MR) is 84.7 cm³/mol. The highest BCUT2D eigenvalue weighted by Crippen LogP contribution is 2.17. The standard InChI is InChI=1S/C16H21N5O/c1-2-21-12-15(18-19-21)16(22)20-10-6-9-14(11-20)17-13-7-4-3-5-8-13/h3-5,7-8,12,14,17H,2,6,9-11H2,1H3. The molecule has 1 saturated heterocycles. The van der Waals surface area contributed by atoms with Gasteiger partial charge in [0.05, 0.1) is 6.20 Å². The summed E-state index contributed by atoms with van der Waals surface area (Å²) < 4.78 is 1.68. The highest BCUT2D eigenvalue weighted by atomic mass is 16.2. The summed E-state index contributed by atoms with van der Waals surface area (Å²) in [6.45, 7) is 4.18. The first-order valence-corrected chi connectivity index (χ1v) is 7.77. The van der Waals surface area contributed by atoms with Crippen LogP contribution in [0.3, 0.4) is 0 Å². The number of anilines is 1. The summed E-state index contributed by atoms with van der Waals surface area (Å²) >= 11 is 0. The van der Waals surface area contributed by atoms with Crippen LogP contribution in [-0.4, -0.2) is 44.9 Å². The zero-order chi connectivity index (χ0) is 15.4. The van der Waals surface area contributed by atoms with E-state index in [1.165, 1.54) is 0 Å². The van der Waals surface area contributed by atoms with Crippen molar-refractivity contribution in [1.29, 1.82) is 0 Å². The maximum Gasteiger partial charge on any atom is 0.276 e. The van der Waals surface area contributed by atoms with Crippen LogP contribution in [0, 0.1) is 0 Å². The first kappa shape index (κ1) is 14.6. The van der Waals surface area contributed by atoms with Crippen LogP contribution in [0.2, 0.25) is 0 Å². The van der Waals surface area contributed by atoms with Crippen LogP contribution in [0.25, 0.3) is 0 Å². The van der Waals surface area contributed by atoms with Gasteiger partial charge in [0.15, 0.2) is 5.69 Å². The Hall–Kier alpha value is -2.37. The predicted octanol–water partition coefficient (Wildman–Crippen LogP) is 2.01. The number of nitrogens with one attached hydrogen (secondary N) is 1. The summed E-state index contributed by atoms with van der Waals surface area (Å²) in [6.07, 6.45) is 3.79. The average Bonchev–Trinajstić information content (AvgIpc) is 3.04. The molecule has 22 heavy (non-hydrogen) atoms. The molecule has 6 nitrogen and oxygen atoms in total. The van der Waals surface area contributed by atoms with Gasteiger partial charge in [0.2, 0.25) is 0 Å². The van der Waals surface area contributed by atoms with E-state index in [0.717, 1.165) is 31.6 Å². The molecular weight excluding hydrogens is 278 g/mol. The summed E-state index contributed by atoms with van der Waals surface area (Å²) in [5, 5.41) is 11.4. The third kappa shape index (κ3) is 3.27. The third-order valence-corrected chi connectivity index (χ3v) is 3.93. The molecule has 1 aliphatic rings. The summed E-state index contributed by atoms with van der Waals surface area (Å²) in [6, 6.07) is 10.4.